The van der Waals surface area contributed by atoms with Gasteiger partial charge in [-0.15, -0.1) is 0 Å². The summed E-state index contributed by atoms with van der Waals surface area (Å²) in [6, 6.07) is 5.77. The maximum Gasteiger partial charge on any atom is 0.410 e. The number of fused-ring (bicyclic) bond motifs is 1. The molecule has 0 aromatic carbocycles. The lowest BCUT2D eigenvalue weighted by molar-refractivity contribution is -0.140. The fourth-order valence-corrected chi connectivity index (χ4v) is 6.81. The van der Waals surface area contributed by atoms with Gasteiger partial charge in [0.05, 0.1) is 11.9 Å². The highest BCUT2D eigenvalue weighted by molar-refractivity contribution is 5.98. The van der Waals surface area contributed by atoms with Crippen LogP contribution in [0.3, 0.4) is 0 Å². The van der Waals surface area contributed by atoms with Gasteiger partial charge in [-0.3, -0.25) is 9.59 Å². The smallest absolute Gasteiger partial charge is 0.410 e. The van der Waals surface area contributed by atoms with Crippen molar-refractivity contribution < 1.29 is 19.1 Å². The van der Waals surface area contributed by atoms with E-state index in [0.29, 0.717) is 36.2 Å². The summed E-state index contributed by atoms with van der Waals surface area (Å²) in [6.07, 6.45) is 8.97. The number of carbonyl (C=O) groups is 3. The predicted molar refractivity (Wildman–Crippen MR) is 167 cm³/mol. The van der Waals surface area contributed by atoms with E-state index in [4.69, 9.17) is 9.72 Å². The number of likely N-dealkylation sites (tertiary alicyclic amines) is 1. The Morgan fingerprint density at radius 3 is 2.34 bits per heavy atom. The fourth-order valence-electron chi connectivity index (χ4n) is 6.81. The number of ether oxygens (including phenoxy) is 1. The maximum atomic E-state index is 13.2. The van der Waals surface area contributed by atoms with Gasteiger partial charge in [-0.25, -0.2) is 14.8 Å². The van der Waals surface area contributed by atoms with Gasteiger partial charge < -0.3 is 29.3 Å². The molecule has 44 heavy (non-hydrogen) atoms. The number of nitrogens with one attached hydrogen (secondary N) is 1. The lowest BCUT2D eigenvalue weighted by Gasteiger charge is -2.58. The first-order valence-electron chi connectivity index (χ1n) is 15.4. The number of pyridine rings is 1. The molecule has 3 aromatic rings. The van der Waals surface area contributed by atoms with Crippen molar-refractivity contribution >= 4 is 46.4 Å². The van der Waals surface area contributed by atoms with E-state index >= 15 is 0 Å². The van der Waals surface area contributed by atoms with Gasteiger partial charge in [-0.05, 0) is 64.7 Å². The second-order valence-corrected chi connectivity index (χ2v) is 13.9. The van der Waals surface area contributed by atoms with Crippen LogP contribution in [0.15, 0.2) is 30.6 Å². The summed E-state index contributed by atoms with van der Waals surface area (Å²) in [5, 5.41) is 4.01. The highest BCUT2D eigenvalue weighted by Gasteiger charge is 2.56. The average Bonchev–Trinajstić information content (AvgIpc) is 3.57. The van der Waals surface area contributed by atoms with Gasteiger partial charge in [0.25, 0.3) is 5.91 Å². The number of nitrogens with zero attached hydrogens (tertiary/aromatic N) is 7. The van der Waals surface area contributed by atoms with Crippen LogP contribution in [0.2, 0.25) is 0 Å². The van der Waals surface area contributed by atoms with Crippen molar-refractivity contribution in [3.63, 3.8) is 0 Å². The Kier molecular flexibility index (Phi) is 7.49. The predicted octanol–water partition coefficient (Wildman–Crippen LogP) is 5.00. The van der Waals surface area contributed by atoms with Crippen LogP contribution in [0.5, 0.6) is 0 Å². The molecule has 2 saturated carbocycles. The first-order chi connectivity index (χ1) is 20.8. The van der Waals surface area contributed by atoms with Crippen LogP contribution < -0.4 is 10.2 Å². The molecule has 4 heterocycles. The van der Waals surface area contributed by atoms with Gasteiger partial charge in [0.1, 0.15) is 22.8 Å². The van der Waals surface area contributed by atoms with Crippen molar-refractivity contribution in [2.24, 2.45) is 11.3 Å². The van der Waals surface area contributed by atoms with Crippen molar-refractivity contribution in [1.29, 1.82) is 0 Å². The molecule has 3 aliphatic rings. The monoisotopic (exact) mass is 602 g/mol. The Morgan fingerprint density at radius 2 is 1.73 bits per heavy atom. The average molecular weight is 603 g/mol. The van der Waals surface area contributed by atoms with Crippen LogP contribution in [0, 0.1) is 11.3 Å². The highest BCUT2D eigenvalue weighted by atomic mass is 16.6. The zero-order chi connectivity index (χ0) is 31.4. The van der Waals surface area contributed by atoms with Crippen molar-refractivity contribution in [3.8, 4) is 0 Å². The molecule has 2 aliphatic carbocycles. The van der Waals surface area contributed by atoms with Crippen molar-refractivity contribution in [1.82, 2.24) is 29.3 Å². The van der Waals surface area contributed by atoms with Crippen LogP contribution in [0.1, 0.15) is 75.8 Å². The third-order valence-corrected chi connectivity index (χ3v) is 9.01. The Hall–Kier alpha value is -4.22. The maximum absolute atomic E-state index is 13.2. The Morgan fingerprint density at radius 1 is 1.02 bits per heavy atom. The molecule has 12 heteroatoms. The molecule has 0 radical (unpaired) electrons. The van der Waals surface area contributed by atoms with E-state index in [2.05, 4.69) is 19.9 Å². The molecule has 1 spiro atoms. The zero-order valence-corrected chi connectivity index (χ0v) is 26.5. The van der Waals surface area contributed by atoms with Crippen LogP contribution in [0.4, 0.5) is 22.2 Å². The largest absolute Gasteiger partial charge is 0.444 e. The SMILES string of the molecule is CN(C)C(=O)c1cc2cnc(Nc3ccc(N(C)C(=O)C4CC5(C4)CN(C(=O)OC(C)(C)C)C5)cn3)nc2n1C1CCCC1. The van der Waals surface area contributed by atoms with Crippen LogP contribution in [0.25, 0.3) is 11.0 Å². The van der Waals surface area contributed by atoms with E-state index in [-0.39, 0.29) is 35.3 Å². The molecule has 3 aromatic heterocycles. The quantitative estimate of drug-likeness (QED) is 0.418. The summed E-state index contributed by atoms with van der Waals surface area (Å²) in [6.45, 7) is 6.87. The number of anilines is 3. The Bertz CT molecular complexity index is 1570. The zero-order valence-electron chi connectivity index (χ0n) is 26.5. The Labute approximate surface area is 257 Å². The van der Waals surface area contributed by atoms with Gasteiger partial charge in [-0.2, -0.15) is 4.98 Å². The van der Waals surface area contributed by atoms with E-state index in [9.17, 15) is 14.4 Å². The minimum absolute atomic E-state index is 0.0311. The molecule has 0 atom stereocenters. The van der Waals surface area contributed by atoms with Crippen LogP contribution in [-0.2, 0) is 9.53 Å². The van der Waals surface area contributed by atoms with E-state index in [0.717, 1.165) is 49.6 Å². The molecular formula is C32H42N8O4. The van der Waals surface area contributed by atoms with E-state index < -0.39 is 5.60 Å². The van der Waals surface area contributed by atoms with Gasteiger partial charge in [0, 0.05) is 63.2 Å². The standard InChI is InChI=1S/C32H42N8O4/c1-31(2,3)44-30(43)39-18-32(19-39)14-21(15-32)27(41)38(6)23-11-12-25(33-17-23)35-29-34-16-20-13-24(28(42)37(4)5)40(26(20)36-29)22-9-7-8-10-22/h11-13,16-17,21-22H,7-10,14-15,18-19H2,1-6H3,(H,33,34,35,36). The molecule has 12 nitrogen and oxygen atoms in total. The van der Waals surface area contributed by atoms with Crippen LogP contribution >= 0.6 is 0 Å². The molecule has 0 unspecified atom stereocenters. The summed E-state index contributed by atoms with van der Waals surface area (Å²) in [7, 11) is 5.29. The lowest BCUT2D eigenvalue weighted by Crippen LogP contribution is -2.65. The minimum atomic E-state index is -0.515. The van der Waals surface area contributed by atoms with Gasteiger partial charge in [0.2, 0.25) is 11.9 Å². The molecule has 1 N–H and O–H groups in total. The third kappa shape index (κ3) is 5.69. The first kappa shape index (κ1) is 29.8. The molecular weight excluding hydrogens is 560 g/mol. The van der Waals surface area contributed by atoms with E-state index in [1.807, 2.05) is 32.9 Å². The molecule has 1 aliphatic heterocycles. The highest BCUT2D eigenvalue weighted by Crippen LogP contribution is 2.52. The van der Waals surface area contributed by atoms with Crippen molar-refractivity contribution in [3.05, 3.63) is 36.3 Å². The summed E-state index contributed by atoms with van der Waals surface area (Å²) in [5.41, 5.74) is 1.58. The van der Waals surface area contributed by atoms with Crippen molar-refractivity contribution in [2.45, 2.75) is 70.9 Å². The topological polar surface area (TPSA) is 126 Å². The summed E-state index contributed by atoms with van der Waals surface area (Å²) < 4.78 is 7.54. The van der Waals surface area contributed by atoms with Gasteiger partial charge in [0.15, 0.2) is 0 Å². The third-order valence-electron chi connectivity index (χ3n) is 9.01. The molecule has 1 saturated heterocycles. The van der Waals surface area contributed by atoms with E-state index in [1.54, 1.807) is 54.3 Å². The summed E-state index contributed by atoms with van der Waals surface area (Å²) >= 11 is 0. The molecule has 0 bridgehead atoms. The van der Waals surface area contributed by atoms with Gasteiger partial charge >= 0.3 is 6.09 Å². The van der Waals surface area contributed by atoms with Gasteiger partial charge in [-0.1, -0.05) is 12.8 Å². The first-order valence-corrected chi connectivity index (χ1v) is 15.4. The molecule has 3 fully saturated rings. The van der Waals surface area contributed by atoms with Crippen LogP contribution in [-0.4, -0.2) is 87.1 Å². The lowest BCUT2D eigenvalue weighted by atomic mass is 9.57. The molecule has 234 valence electrons. The number of rotatable bonds is 6. The summed E-state index contributed by atoms with van der Waals surface area (Å²) in [5.74, 6) is 0.881. The number of aromatic nitrogens is 4. The molecule has 3 amide bonds. The number of hydrogen-bond donors (Lipinski definition) is 1. The number of hydrogen-bond acceptors (Lipinski definition) is 8. The summed E-state index contributed by atoms with van der Waals surface area (Å²) in [4.78, 5) is 57.3. The van der Waals surface area contributed by atoms with Crippen molar-refractivity contribution in [2.75, 3.05) is 44.4 Å². The second-order valence-electron chi connectivity index (χ2n) is 13.9. The number of carbonyl (C=O) groups excluding carboxylic acids is 3. The Balaban J connectivity index is 1.08. The van der Waals surface area contributed by atoms with E-state index in [1.165, 1.54) is 0 Å². The molecule has 6 rings (SSSR count). The second kappa shape index (κ2) is 11.0. The minimum Gasteiger partial charge on any atom is -0.444 e. The normalized spacial score (nSPS) is 18.2. The fraction of sp³-hybridized carbons (Fsp3) is 0.562. The number of amides is 3.